The van der Waals surface area contributed by atoms with Crippen molar-refractivity contribution in [2.75, 3.05) is 6.54 Å². The molecule has 2 aromatic rings. The fourth-order valence-electron chi connectivity index (χ4n) is 3.00. The summed E-state index contributed by atoms with van der Waals surface area (Å²) >= 11 is 0. The van der Waals surface area contributed by atoms with Crippen LogP contribution in [0.4, 0.5) is 0 Å². The molecule has 120 valence electrons. The first-order chi connectivity index (χ1) is 11.0. The quantitative estimate of drug-likeness (QED) is 0.939. The average molecular weight is 313 g/mol. The molecule has 0 bridgehead atoms. The number of carbonyl (C=O) groups excluding carboxylic acids is 1. The first kappa shape index (κ1) is 15.3. The van der Waals surface area contributed by atoms with Gasteiger partial charge < -0.3 is 10.0 Å². The lowest BCUT2D eigenvalue weighted by Crippen LogP contribution is -2.36. The van der Waals surface area contributed by atoms with Crippen molar-refractivity contribution in [3.63, 3.8) is 0 Å². The van der Waals surface area contributed by atoms with Crippen molar-refractivity contribution in [2.24, 2.45) is 0 Å². The van der Waals surface area contributed by atoms with Crippen LogP contribution >= 0.6 is 0 Å². The molecule has 1 atom stereocenters. The highest BCUT2D eigenvalue weighted by Gasteiger charge is 2.30. The molecule has 1 aromatic carbocycles. The number of carbonyl (C=O) groups is 2. The third kappa shape index (κ3) is 3.26. The zero-order valence-corrected chi connectivity index (χ0v) is 13.0. The number of amides is 1. The Morgan fingerprint density at radius 3 is 2.61 bits per heavy atom. The minimum Gasteiger partial charge on any atom is -0.481 e. The van der Waals surface area contributed by atoms with E-state index < -0.39 is 5.97 Å². The molecule has 3 rings (SSSR count). The molecule has 23 heavy (non-hydrogen) atoms. The van der Waals surface area contributed by atoms with E-state index in [4.69, 9.17) is 5.11 Å². The van der Waals surface area contributed by atoms with Gasteiger partial charge in [0.25, 0.3) is 5.91 Å². The van der Waals surface area contributed by atoms with Crippen molar-refractivity contribution >= 4 is 11.9 Å². The second kappa shape index (κ2) is 6.24. The highest BCUT2D eigenvalue weighted by atomic mass is 16.4. The summed E-state index contributed by atoms with van der Waals surface area (Å²) in [5.41, 5.74) is 2.40. The molecule has 1 unspecified atom stereocenters. The number of aromatic nitrogens is 2. The van der Waals surface area contributed by atoms with Crippen molar-refractivity contribution in [3.8, 4) is 5.69 Å². The maximum absolute atomic E-state index is 12.6. The first-order valence-electron chi connectivity index (χ1n) is 7.70. The van der Waals surface area contributed by atoms with Gasteiger partial charge in [0.15, 0.2) is 0 Å². The molecule has 0 aliphatic carbocycles. The summed E-state index contributed by atoms with van der Waals surface area (Å²) in [4.78, 5) is 25.2. The second-order valence-electron chi connectivity index (χ2n) is 5.84. The van der Waals surface area contributed by atoms with E-state index >= 15 is 0 Å². The number of hydrogen-bond acceptors (Lipinski definition) is 3. The van der Waals surface area contributed by atoms with Gasteiger partial charge in [0.1, 0.15) is 0 Å². The lowest BCUT2D eigenvalue weighted by atomic mass is 10.1. The normalized spacial score (nSPS) is 17.4. The van der Waals surface area contributed by atoms with Crippen LogP contribution < -0.4 is 0 Å². The van der Waals surface area contributed by atoms with Gasteiger partial charge in [0, 0.05) is 24.3 Å². The van der Waals surface area contributed by atoms with Gasteiger partial charge in [-0.2, -0.15) is 5.10 Å². The zero-order chi connectivity index (χ0) is 16.4. The van der Waals surface area contributed by atoms with Gasteiger partial charge in [0.05, 0.1) is 17.8 Å². The summed E-state index contributed by atoms with van der Waals surface area (Å²) in [6.45, 7) is 2.54. The fraction of sp³-hybridized carbons (Fsp3) is 0.353. The Morgan fingerprint density at radius 2 is 2.00 bits per heavy atom. The number of carboxylic acids is 1. The summed E-state index contributed by atoms with van der Waals surface area (Å²) in [6.07, 6.45) is 3.49. The van der Waals surface area contributed by atoms with Crippen LogP contribution in [0, 0.1) is 6.92 Å². The van der Waals surface area contributed by atoms with E-state index in [0.29, 0.717) is 12.1 Å². The fourth-order valence-corrected chi connectivity index (χ4v) is 3.00. The molecule has 0 saturated carbocycles. The van der Waals surface area contributed by atoms with Crippen LogP contribution in [0.2, 0.25) is 0 Å². The third-order valence-corrected chi connectivity index (χ3v) is 4.15. The summed E-state index contributed by atoms with van der Waals surface area (Å²) < 4.78 is 1.76. The Labute approximate surface area is 134 Å². The summed E-state index contributed by atoms with van der Waals surface area (Å²) in [5, 5.41) is 13.3. The van der Waals surface area contributed by atoms with Crippen molar-refractivity contribution < 1.29 is 14.7 Å². The predicted molar refractivity (Wildman–Crippen MR) is 84.6 cm³/mol. The lowest BCUT2D eigenvalue weighted by molar-refractivity contribution is -0.137. The second-order valence-corrected chi connectivity index (χ2v) is 5.84. The standard InChI is InChI=1S/C17H19N3O3/c1-12-8-10-20(18-12)14-6-4-13(5-7-14)17(23)19-9-2-3-15(19)11-16(21)22/h4-8,10,15H,2-3,9,11H2,1H3,(H,21,22). The van der Waals surface area contributed by atoms with E-state index in [0.717, 1.165) is 24.2 Å². The van der Waals surface area contributed by atoms with Crippen LogP contribution in [0.1, 0.15) is 35.3 Å². The van der Waals surface area contributed by atoms with Gasteiger partial charge in [-0.15, -0.1) is 0 Å². The molecule has 6 nitrogen and oxygen atoms in total. The SMILES string of the molecule is Cc1ccn(-c2ccc(C(=O)N3CCCC3CC(=O)O)cc2)n1. The van der Waals surface area contributed by atoms with E-state index in [1.54, 1.807) is 21.7 Å². The number of aliphatic carboxylic acids is 1. The predicted octanol–water partition coefficient (Wildman–Crippen LogP) is 2.26. The van der Waals surface area contributed by atoms with Gasteiger partial charge in [-0.1, -0.05) is 0 Å². The van der Waals surface area contributed by atoms with Crippen molar-refractivity contribution in [3.05, 3.63) is 47.8 Å². The van der Waals surface area contributed by atoms with Crippen LogP contribution in [0.15, 0.2) is 36.5 Å². The van der Waals surface area contributed by atoms with Crippen molar-refractivity contribution in [2.45, 2.75) is 32.2 Å². The number of nitrogens with zero attached hydrogens (tertiary/aromatic N) is 3. The molecule has 1 aliphatic heterocycles. The van der Waals surface area contributed by atoms with Gasteiger partial charge in [-0.3, -0.25) is 9.59 Å². The number of aryl methyl sites for hydroxylation is 1. The first-order valence-corrected chi connectivity index (χ1v) is 7.70. The van der Waals surface area contributed by atoms with E-state index in [9.17, 15) is 9.59 Å². The molecule has 6 heteroatoms. The smallest absolute Gasteiger partial charge is 0.305 e. The van der Waals surface area contributed by atoms with Crippen LogP contribution in [0.5, 0.6) is 0 Å². The lowest BCUT2D eigenvalue weighted by Gasteiger charge is -2.23. The van der Waals surface area contributed by atoms with E-state index in [1.165, 1.54) is 0 Å². The zero-order valence-electron chi connectivity index (χ0n) is 13.0. The van der Waals surface area contributed by atoms with Gasteiger partial charge in [-0.05, 0) is 50.1 Å². The topological polar surface area (TPSA) is 75.4 Å². The third-order valence-electron chi connectivity index (χ3n) is 4.15. The molecule has 2 heterocycles. The molecular formula is C17H19N3O3. The van der Waals surface area contributed by atoms with Crippen molar-refractivity contribution in [1.29, 1.82) is 0 Å². The van der Waals surface area contributed by atoms with Crippen molar-refractivity contribution in [1.82, 2.24) is 14.7 Å². The molecular weight excluding hydrogens is 294 g/mol. The largest absolute Gasteiger partial charge is 0.481 e. The molecule has 1 N–H and O–H groups in total. The molecule has 0 spiro atoms. The van der Waals surface area contributed by atoms with E-state index in [-0.39, 0.29) is 18.4 Å². The summed E-state index contributed by atoms with van der Waals surface area (Å²) in [7, 11) is 0. The van der Waals surface area contributed by atoms with Crippen LogP contribution in [0.25, 0.3) is 5.69 Å². The molecule has 1 fully saturated rings. The minimum atomic E-state index is -0.862. The van der Waals surface area contributed by atoms with E-state index in [1.807, 2.05) is 31.3 Å². The number of likely N-dealkylation sites (tertiary alicyclic amines) is 1. The van der Waals surface area contributed by atoms with Gasteiger partial charge in [-0.25, -0.2) is 4.68 Å². The summed E-state index contributed by atoms with van der Waals surface area (Å²) in [5.74, 6) is -0.962. The number of benzene rings is 1. The van der Waals surface area contributed by atoms with Crippen LogP contribution in [-0.2, 0) is 4.79 Å². The maximum atomic E-state index is 12.6. The highest BCUT2D eigenvalue weighted by Crippen LogP contribution is 2.23. The monoisotopic (exact) mass is 313 g/mol. The molecule has 1 amide bonds. The Bertz CT molecular complexity index is 721. The Hall–Kier alpha value is -2.63. The van der Waals surface area contributed by atoms with Gasteiger partial charge >= 0.3 is 5.97 Å². The average Bonchev–Trinajstić information content (AvgIpc) is 3.15. The Morgan fingerprint density at radius 1 is 1.26 bits per heavy atom. The molecule has 1 aromatic heterocycles. The number of hydrogen-bond donors (Lipinski definition) is 1. The molecule has 1 aliphatic rings. The maximum Gasteiger partial charge on any atom is 0.305 e. The Balaban J connectivity index is 1.76. The number of rotatable bonds is 4. The van der Waals surface area contributed by atoms with Crippen LogP contribution in [-0.4, -0.2) is 44.3 Å². The van der Waals surface area contributed by atoms with Gasteiger partial charge in [0.2, 0.25) is 0 Å². The highest BCUT2D eigenvalue weighted by molar-refractivity contribution is 5.95. The number of carboxylic acid groups (broad SMARTS) is 1. The molecule has 1 saturated heterocycles. The summed E-state index contributed by atoms with van der Waals surface area (Å²) in [6, 6.07) is 8.95. The minimum absolute atomic E-state index is 0.0103. The van der Waals surface area contributed by atoms with Crippen LogP contribution in [0.3, 0.4) is 0 Å². The Kier molecular flexibility index (Phi) is 4.14. The van der Waals surface area contributed by atoms with E-state index in [2.05, 4.69) is 5.10 Å². The molecule has 0 radical (unpaired) electrons.